The first kappa shape index (κ1) is 25.6. The molecule has 0 aliphatic heterocycles. The Labute approximate surface area is 203 Å². The Morgan fingerprint density at radius 2 is 1.71 bits per heavy atom. The smallest absolute Gasteiger partial charge is 0.262 e. The van der Waals surface area contributed by atoms with E-state index in [4.69, 9.17) is 0 Å². The SMILES string of the molecule is CC(C)CCn1c(SCC(=O)c2ccc(F)cc2)nc2cc(C(=O)NCC(C)C)ccc2c1=O. The van der Waals surface area contributed by atoms with Gasteiger partial charge in [-0.25, -0.2) is 9.37 Å². The van der Waals surface area contributed by atoms with Crippen LogP contribution >= 0.6 is 11.8 Å². The molecule has 0 aliphatic rings. The molecule has 0 bridgehead atoms. The normalized spacial score (nSPS) is 11.4. The Balaban J connectivity index is 1.94. The highest BCUT2D eigenvalue weighted by molar-refractivity contribution is 7.99. The molecular weight excluding hydrogens is 453 g/mol. The molecule has 0 fully saturated rings. The third-order valence-electron chi connectivity index (χ3n) is 5.28. The van der Waals surface area contributed by atoms with Crippen molar-refractivity contribution < 1.29 is 14.0 Å². The van der Waals surface area contributed by atoms with Crippen LogP contribution in [0.15, 0.2) is 52.4 Å². The predicted molar refractivity (Wildman–Crippen MR) is 134 cm³/mol. The zero-order valence-corrected chi connectivity index (χ0v) is 20.7. The average Bonchev–Trinajstić information content (AvgIpc) is 2.80. The summed E-state index contributed by atoms with van der Waals surface area (Å²) in [4.78, 5) is 43.1. The van der Waals surface area contributed by atoms with Crippen LogP contribution in [-0.4, -0.2) is 33.5 Å². The molecule has 1 amide bonds. The van der Waals surface area contributed by atoms with Gasteiger partial charge in [-0.3, -0.25) is 19.0 Å². The summed E-state index contributed by atoms with van der Waals surface area (Å²) in [7, 11) is 0. The topological polar surface area (TPSA) is 81.1 Å². The highest BCUT2D eigenvalue weighted by Gasteiger charge is 2.16. The second-order valence-electron chi connectivity index (χ2n) is 9.09. The number of nitrogens with one attached hydrogen (secondary N) is 1. The summed E-state index contributed by atoms with van der Waals surface area (Å²) in [5.74, 6) is -0.0553. The van der Waals surface area contributed by atoms with E-state index in [0.717, 1.165) is 6.42 Å². The first-order valence-corrected chi connectivity index (χ1v) is 12.4. The van der Waals surface area contributed by atoms with Crippen LogP contribution in [0.5, 0.6) is 0 Å². The number of nitrogens with zero attached hydrogens (tertiary/aromatic N) is 2. The first-order chi connectivity index (χ1) is 16.2. The van der Waals surface area contributed by atoms with Gasteiger partial charge in [-0.2, -0.15) is 0 Å². The van der Waals surface area contributed by atoms with Crippen LogP contribution in [0.25, 0.3) is 10.9 Å². The maximum absolute atomic E-state index is 13.3. The monoisotopic (exact) mass is 483 g/mol. The van der Waals surface area contributed by atoms with Crippen LogP contribution in [-0.2, 0) is 6.54 Å². The molecule has 8 heteroatoms. The quantitative estimate of drug-likeness (QED) is 0.251. The van der Waals surface area contributed by atoms with Crippen molar-refractivity contribution in [2.75, 3.05) is 12.3 Å². The number of fused-ring (bicyclic) bond motifs is 1. The van der Waals surface area contributed by atoms with E-state index < -0.39 is 5.82 Å². The fourth-order valence-electron chi connectivity index (χ4n) is 3.28. The Bertz CT molecular complexity index is 1240. The van der Waals surface area contributed by atoms with Crippen molar-refractivity contribution in [3.8, 4) is 0 Å². The molecule has 1 aromatic heterocycles. The van der Waals surface area contributed by atoms with Gasteiger partial charge in [0.15, 0.2) is 10.9 Å². The molecular formula is C26H30FN3O3S. The maximum Gasteiger partial charge on any atom is 0.262 e. The number of amides is 1. The zero-order valence-electron chi connectivity index (χ0n) is 19.9. The van der Waals surface area contributed by atoms with Gasteiger partial charge in [0.1, 0.15) is 5.82 Å². The van der Waals surface area contributed by atoms with Gasteiger partial charge in [-0.15, -0.1) is 0 Å². The van der Waals surface area contributed by atoms with Gasteiger partial charge in [0, 0.05) is 24.2 Å². The summed E-state index contributed by atoms with van der Waals surface area (Å²) in [5, 5.41) is 3.73. The minimum Gasteiger partial charge on any atom is -0.352 e. The summed E-state index contributed by atoms with van der Waals surface area (Å²) in [6.07, 6.45) is 0.780. The lowest BCUT2D eigenvalue weighted by Gasteiger charge is -2.15. The highest BCUT2D eigenvalue weighted by Crippen LogP contribution is 2.21. The molecule has 0 unspecified atom stereocenters. The number of thioether (sulfide) groups is 1. The number of Topliss-reactive ketones (excluding diaryl/α,β-unsaturated/α-hetero) is 1. The number of carbonyl (C=O) groups excluding carboxylic acids is 2. The molecule has 2 aromatic carbocycles. The number of hydrogen-bond donors (Lipinski definition) is 1. The summed E-state index contributed by atoms with van der Waals surface area (Å²) in [6.45, 7) is 9.20. The van der Waals surface area contributed by atoms with Crippen molar-refractivity contribution in [2.45, 2.75) is 45.8 Å². The molecule has 1 heterocycles. The van der Waals surface area contributed by atoms with Gasteiger partial charge in [0.2, 0.25) is 0 Å². The predicted octanol–water partition coefficient (Wildman–Crippen LogP) is 4.94. The van der Waals surface area contributed by atoms with E-state index in [1.54, 1.807) is 22.8 Å². The molecule has 0 saturated carbocycles. The second kappa shape index (κ2) is 11.4. The summed E-state index contributed by atoms with van der Waals surface area (Å²) >= 11 is 1.17. The van der Waals surface area contributed by atoms with Crippen molar-refractivity contribution >= 4 is 34.4 Å². The minimum atomic E-state index is -0.406. The van der Waals surface area contributed by atoms with Crippen LogP contribution in [0, 0.1) is 17.7 Å². The lowest BCUT2D eigenvalue weighted by molar-refractivity contribution is 0.0948. The van der Waals surface area contributed by atoms with E-state index in [2.05, 4.69) is 24.1 Å². The zero-order chi connectivity index (χ0) is 24.8. The minimum absolute atomic E-state index is 0.0554. The van der Waals surface area contributed by atoms with Gasteiger partial charge in [-0.05, 0) is 60.7 Å². The van der Waals surface area contributed by atoms with E-state index in [9.17, 15) is 18.8 Å². The Morgan fingerprint density at radius 1 is 1.03 bits per heavy atom. The third kappa shape index (κ3) is 6.53. The van der Waals surface area contributed by atoms with Crippen molar-refractivity contribution in [1.29, 1.82) is 0 Å². The van der Waals surface area contributed by atoms with Gasteiger partial charge in [-0.1, -0.05) is 39.5 Å². The molecule has 34 heavy (non-hydrogen) atoms. The highest BCUT2D eigenvalue weighted by atomic mass is 32.2. The second-order valence-corrected chi connectivity index (χ2v) is 10.0. The molecule has 3 rings (SSSR count). The van der Waals surface area contributed by atoms with E-state index in [0.29, 0.717) is 52.1 Å². The van der Waals surface area contributed by atoms with Crippen LogP contribution < -0.4 is 10.9 Å². The van der Waals surface area contributed by atoms with E-state index in [1.165, 1.54) is 36.0 Å². The largest absolute Gasteiger partial charge is 0.352 e. The number of hydrogen-bond acceptors (Lipinski definition) is 5. The summed E-state index contributed by atoms with van der Waals surface area (Å²) < 4.78 is 14.8. The first-order valence-electron chi connectivity index (χ1n) is 11.4. The van der Waals surface area contributed by atoms with Crippen LogP contribution in [0.4, 0.5) is 4.39 Å². The van der Waals surface area contributed by atoms with Crippen molar-refractivity contribution in [3.63, 3.8) is 0 Å². The van der Waals surface area contributed by atoms with E-state index in [-0.39, 0.29) is 23.0 Å². The number of ketones is 1. The van der Waals surface area contributed by atoms with Crippen molar-refractivity contribution in [2.24, 2.45) is 11.8 Å². The Hall–Kier alpha value is -3.00. The summed E-state index contributed by atoms with van der Waals surface area (Å²) in [5.41, 5.74) is 1.05. The third-order valence-corrected chi connectivity index (χ3v) is 6.26. The number of rotatable bonds is 10. The molecule has 6 nitrogen and oxygen atoms in total. The van der Waals surface area contributed by atoms with Gasteiger partial charge < -0.3 is 5.32 Å². The lowest BCUT2D eigenvalue weighted by Crippen LogP contribution is -2.28. The fraction of sp³-hybridized carbons (Fsp3) is 0.385. The number of aromatic nitrogens is 2. The van der Waals surface area contributed by atoms with Crippen molar-refractivity contribution in [1.82, 2.24) is 14.9 Å². The molecule has 0 spiro atoms. The molecule has 0 saturated heterocycles. The molecule has 180 valence electrons. The lowest BCUT2D eigenvalue weighted by atomic mass is 10.1. The number of halogens is 1. The number of benzene rings is 2. The fourth-order valence-corrected chi connectivity index (χ4v) is 4.20. The standard InChI is InChI=1S/C26H30FN3O3S/c1-16(2)11-12-30-25(33)21-10-7-19(24(32)28-14-17(3)4)13-22(21)29-26(30)34-15-23(31)18-5-8-20(27)9-6-18/h5-10,13,16-17H,11-12,14-15H2,1-4H3,(H,28,32). The molecule has 1 N–H and O–H groups in total. The van der Waals surface area contributed by atoms with E-state index >= 15 is 0 Å². The van der Waals surface area contributed by atoms with Crippen LogP contribution in [0.1, 0.15) is 54.8 Å². The molecule has 3 aromatic rings. The maximum atomic E-state index is 13.3. The Morgan fingerprint density at radius 3 is 2.35 bits per heavy atom. The molecule has 0 aliphatic carbocycles. The van der Waals surface area contributed by atoms with Crippen LogP contribution in [0.3, 0.4) is 0 Å². The van der Waals surface area contributed by atoms with Crippen molar-refractivity contribution in [3.05, 3.63) is 69.8 Å². The van der Waals surface area contributed by atoms with Gasteiger partial charge >= 0.3 is 0 Å². The molecule has 0 atom stereocenters. The van der Waals surface area contributed by atoms with Gasteiger partial charge in [0.25, 0.3) is 11.5 Å². The summed E-state index contributed by atoms with van der Waals surface area (Å²) in [6, 6.07) is 10.3. The molecule has 0 radical (unpaired) electrons. The van der Waals surface area contributed by atoms with E-state index in [1.807, 2.05) is 13.8 Å². The average molecular weight is 484 g/mol. The van der Waals surface area contributed by atoms with Gasteiger partial charge in [0.05, 0.1) is 16.7 Å². The Kier molecular flexibility index (Phi) is 8.61. The van der Waals surface area contributed by atoms with Crippen LogP contribution in [0.2, 0.25) is 0 Å². The number of carbonyl (C=O) groups is 2.